The molecule has 10 heteroatoms. The fraction of sp³-hybridized carbons (Fsp3) is 0.190. The summed E-state index contributed by atoms with van der Waals surface area (Å²) >= 11 is 0. The number of aromatic nitrogens is 1. The van der Waals surface area contributed by atoms with Gasteiger partial charge in [-0.3, -0.25) is 4.79 Å². The van der Waals surface area contributed by atoms with E-state index in [0.29, 0.717) is 11.9 Å². The molecule has 31 heavy (non-hydrogen) atoms. The number of carboxylic acids is 1. The van der Waals surface area contributed by atoms with Crippen molar-refractivity contribution in [1.82, 2.24) is 4.72 Å². The Morgan fingerprint density at radius 3 is 2.68 bits per heavy atom. The van der Waals surface area contributed by atoms with Crippen LogP contribution in [-0.2, 0) is 26.0 Å². The van der Waals surface area contributed by atoms with Crippen LogP contribution in [-0.4, -0.2) is 38.4 Å². The van der Waals surface area contributed by atoms with Gasteiger partial charge in [0, 0.05) is 18.6 Å². The summed E-state index contributed by atoms with van der Waals surface area (Å²) in [4.78, 5) is 21.7. The van der Waals surface area contributed by atoms with E-state index in [0.717, 1.165) is 15.7 Å². The molecule has 0 saturated heterocycles. The van der Waals surface area contributed by atoms with Gasteiger partial charge in [-0.15, -0.1) is 0 Å². The van der Waals surface area contributed by atoms with Crippen molar-refractivity contribution in [3.8, 4) is 5.75 Å². The zero-order valence-electron chi connectivity index (χ0n) is 16.3. The second kappa shape index (κ2) is 9.54. The van der Waals surface area contributed by atoms with Crippen LogP contribution in [0.15, 0.2) is 65.7 Å². The minimum atomic E-state index is -4.20. The van der Waals surface area contributed by atoms with E-state index < -0.39 is 28.5 Å². The largest absolute Gasteiger partial charge is 0.618 e. The molecule has 1 aromatic heterocycles. The van der Waals surface area contributed by atoms with Crippen LogP contribution in [0.5, 0.6) is 5.75 Å². The maximum atomic E-state index is 12.7. The third kappa shape index (κ3) is 5.36. The number of carboxylic acid groups (broad SMARTS) is 1. The summed E-state index contributed by atoms with van der Waals surface area (Å²) in [5, 5.41) is 21.5. The van der Waals surface area contributed by atoms with Gasteiger partial charge in [-0.1, -0.05) is 24.3 Å². The first kappa shape index (κ1) is 22.2. The van der Waals surface area contributed by atoms with Crippen molar-refractivity contribution in [3.63, 3.8) is 0 Å². The molecule has 9 nitrogen and oxygen atoms in total. The second-order valence-corrected chi connectivity index (χ2v) is 8.37. The molecular weight excluding hydrogens is 424 g/mol. The molecule has 0 unspecified atom stereocenters. The zero-order valence-corrected chi connectivity index (χ0v) is 17.1. The van der Waals surface area contributed by atoms with E-state index in [1.54, 1.807) is 24.3 Å². The Hall–Kier alpha value is -3.50. The molecule has 0 aliphatic heterocycles. The number of fused-ring (bicyclic) bond motifs is 1. The van der Waals surface area contributed by atoms with Crippen molar-refractivity contribution in [3.05, 3.63) is 71.6 Å². The minimum Gasteiger partial charge on any atom is -0.618 e. The molecule has 162 valence electrons. The van der Waals surface area contributed by atoms with E-state index in [1.165, 1.54) is 24.4 Å². The van der Waals surface area contributed by atoms with Gasteiger partial charge >= 0.3 is 5.97 Å². The van der Waals surface area contributed by atoms with Gasteiger partial charge < -0.3 is 19.8 Å². The number of carbonyl (C=O) groups excluding carboxylic acids is 1. The van der Waals surface area contributed by atoms with Crippen molar-refractivity contribution < 1.29 is 32.6 Å². The van der Waals surface area contributed by atoms with Crippen LogP contribution in [0.4, 0.5) is 0 Å². The number of carbonyl (C=O) groups is 2. The van der Waals surface area contributed by atoms with Crippen LogP contribution in [0.1, 0.15) is 12.0 Å². The number of hydrogen-bond acceptors (Lipinski definition) is 6. The van der Waals surface area contributed by atoms with Gasteiger partial charge in [-0.05, 0) is 23.8 Å². The molecule has 0 fully saturated rings. The number of ether oxygens (including phenoxy) is 1. The Bertz CT molecular complexity index is 1210. The van der Waals surface area contributed by atoms with Crippen LogP contribution in [0.3, 0.4) is 0 Å². The Morgan fingerprint density at radius 2 is 1.94 bits per heavy atom. The number of aliphatic carboxylic acids is 1. The van der Waals surface area contributed by atoms with Crippen LogP contribution in [0.2, 0.25) is 0 Å². The third-order valence-corrected chi connectivity index (χ3v) is 6.06. The highest BCUT2D eigenvalue weighted by atomic mass is 32.2. The summed E-state index contributed by atoms with van der Waals surface area (Å²) in [5.41, 5.74) is 1.38. The molecule has 0 radical (unpaired) electrons. The predicted octanol–water partition coefficient (Wildman–Crippen LogP) is 1.42. The van der Waals surface area contributed by atoms with Gasteiger partial charge in [0.05, 0.1) is 24.5 Å². The van der Waals surface area contributed by atoms with Gasteiger partial charge in [-0.25, -0.2) is 13.1 Å². The highest BCUT2D eigenvalue weighted by Gasteiger charge is 2.24. The summed E-state index contributed by atoms with van der Waals surface area (Å²) in [6.07, 6.45) is 1.39. The lowest BCUT2D eigenvalue weighted by molar-refractivity contribution is -0.577. The zero-order chi connectivity index (χ0) is 22.4. The van der Waals surface area contributed by atoms with Crippen LogP contribution >= 0.6 is 0 Å². The number of para-hydroxylation sites is 1. The summed E-state index contributed by atoms with van der Waals surface area (Å²) < 4.78 is 33.9. The van der Waals surface area contributed by atoms with Crippen molar-refractivity contribution in [1.29, 1.82) is 0 Å². The van der Waals surface area contributed by atoms with Crippen LogP contribution in [0, 0.1) is 5.21 Å². The standard InChI is InChI=1S/C21H20N2O7S/c24-14-16(13-21(25)26)22-31(28,29)20-9-2-1-8-19(20)30-12-10-15-5-3-7-18-17(15)6-4-11-23(18)27/h1-9,11,14,16,22H,10,12-13H2,(H,25,26)/t16-/m0/s1. The molecule has 0 aliphatic rings. The smallest absolute Gasteiger partial charge is 0.305 e. The lowest BCUT2D eigenvalue weighted by Gasteiger charge is -2.15. The molecule has 1 atom stereocenters. The van der Waals surface area contributed by atoms with Crippen molar-refractivity contribution in [2.75, 3.05) is 6.61 Å². The van der Waals surface area contributed by atoms with E-state index >= 15 is 0 Å². The summed E-state index contributed by atoms with van der Waals surface area (Å²) in [6, 6.07) is 13.3. The SMILES string of the molecule is O=C[C@H](CC(=O)O)NS(=O)(=O)c1ccccc1OCCc1cccc2c1ccc[n+]2[O-]. The first-order valence-corrected chi connectivity index (χ1v) is 10.8. The van der Waals surface area contributed by atoms with Crippen molar-refractivity contribution >= 4 is 33.2 Å². The number of sulfonamides is 1. The number of hydrogen-bond donors (Lipinski definition) is 2. The number of benzene rings is 2. The fourth-order valence-electron chi connectivity index (χ4n) is 3.13. The van der Waals surface area contributed by atoms with E-state index in [9.17, 15) is 23.2 Å². The average molecular weight is 444 g/mol. The molecule has 2 N–H and O–H groups in total. The van der Waals surface area contributed by atoms with E-state index in [4.69, 9.17) is 9.84 Å². The van der Waals surface area contributed by atoms with Gasteiger partial charge in [0.15, 0.2) is 6.20 Å². The highest BCUT2D eigenvalue weighted by molar-refractivity contribution is 7.89. The topological polar surface area (TPSA) is 137 Å². The Morgan fingerprint density at radius 1 is 1.16 bits per heavy atom. The molecule has 1 heterocycles. The highest BCUT2D eigenvalue weighted by Crippen LogP contribution is 2.24. The maximum Gasteiger partial charge on any atom is 0.305 e. The molecule has 0 bridgehead atoms. The average Bonchev–Trinajstić information content (AvgIpc) is 2.73. The quantitative estimate of drug-likeness (QED) is 0.274. The minimum absolute atomic E-state index is 0.0640. The van der Waals surface area contributed by atoms with Crippen molar-refractivity contribution in [2.45, 2.75) is 23.8 Å². The molecule has 0 saturated carbocycles. The third-order valence-electron chi connectivity index (χ3n) is 4.53. The molecule has 2 aromatic carbocycles. The first-order valence-electron chi connectivity index (χ1n) is 9.33. The molecule has 0 spiro atoms. The molecule has 0 amide bonds. The Balaban J connectivity index is 1.76. The fourth-order valence-corrected chi connectivity index (χ4v) is 4.44. The number of nitrogens with zero attached hydrogens (tertiary/aromatic N) is 1. The first-order chi connectivity index (χ1) is 14.8. The molecule has 3 rings (SSSR count). The number of nitrogens with one attached hydrogen (secondary N) is 1. The lowest BCUT2D eigenvalue weighted by Crippen LogP contribution is -2.37. The van der Waals surface area contributed by atoms with Gasteiger partial charge in [-0.2, -0.15) is 4.73 Å². The van der Waals surface area contributed by atoms with E-state index in [1.807, 2.05) is 12.1 Å². The number of pyridine rings is 1. The Labute approximate surface area is 178 Å². The second-order valence-electron chi connectivity index (χ2n) is 6.69. The van der Waals surface area contributed by atoms with Gasteiger partial charge in [0.2, 0.25) is 15.5 Å². The van der Waals surface area contributed by atoms with E-state index in [2.05, 4.69) is 4.72 Å². The van der Waals surface area contributed by atoms with Gasteiger partial charge in [0.1, 0.15) is 16.9 Å². The normalized spacial score (nSPS) is 12.4. The number of aldehydes is 1. The van der Waals surface area contributed by atoms with Crippen molar-refractivity contribution in [2.24, 2.45) is 0 Å². The molecule has 3 aromatic rings. The molecular formula is C21H20N2O7S. The lowest BCUT2D eigenvalue weighted by atomic mass is 10.1. The monoisotopic (exact) mass is 444 g/mol. The summed E-state index contributed by atoms with van der Waals surface area (Å²) in [7, 11) is -4.20. The summed E-state index contributed by atoms with van der Waals surface area (Å²) in [5.74, 6) is -1.24. The maximum absolute atomic E-state index is 12.7. The van der Waals surface area contributed by atoms with E-state index in [-0.39, 0.29) is 23.5 Å². The Kier molecular flexibility index (Phi) is 6.83. The summed E-state index contributed by atoms with van der Waals surface area (Å²) in [6.45, 7) is 0.131. The molecule has 0 aliphatic carbocycles. The van der Waals surface area contributed by atoms with Crippen LogP contribution < -0.4 is 14.2 Å². The predicted molar refractivity (Wildman–Crippen MR) is 111 cm³/mol. The van der Waals surface area contributed by atoms with Crippen LogP contribution in [0.25, 0.3) is 10.9 Å². The number of rotatable bonds is 10. The van der Waals surface area contributed by atoms with Gasteiger partial charge in [0.25, 0.3) is 0 Å².